The van der Waals surface area contributed by atoms with Crippen molar-refractivity contribution < 1.29 is 22.8 Å². The Kier molecular flexibility index (Phi) is 5.77. The zero-order valence-electron chi connectivity index (χ0n) is 16.8. The number of fused-ring (bicyclic) bond motifs is 1. The van der Waals surface area contributed by atoms with Crippen LogP contribution in [0.15, 0.2) is 65.6 Å². The summed E-state index contributed by atoms with van der Waals surface area (Å²) in [7, 11) is -3.78. The van der Waals surface area contributed by atoms with Crippen LogP contribution in [0.2, 0.25) is 0 Å². The maximum atomic E-state index is 12.9. The third kappa shape index (κ3) is 4.46. The number of carbonyl (C=O) groups is 3. The van der Waals surface area contributed by atoms with Gasteiger partial charge in [-0.1, -0.05) is 48.5 Å². The van der Waals surface area contributed by atoms with Crippen LogP contribution in [0.25, 0.3) is 0 Å². The molecule has 0 saturated carbocycles. The molecule has 2 aliphatic rings. The van der Waals surface area contributed by atoms with E-state index in [4.69, 9.17) is 0 Å². The molecule has 2 aliphatic heterocycles. The topological polar surface area (TPSA) is 104 Å². The van der Waals surface area contributed by atoms with Crippen molar-refractivity contribution in [2.24, 2.45) is 0 Å². The lowest BCUT2D eigenvalue weighted by Crippen LogP contribution is -2.70. The van der Waals surface area contributed by atoms with Gasteiger partial charge < -0.3 is 15.1 Å². The van der Waals surface area contributed by atoms with Gasteiger partial charge in [0.1, 0.15) is 17.8 Å². The highest BCUT2D eigenvalue weighted by atomic mass is 32.2. The molecule has 0 aromatic heterocycles. The second-order valence-electron chi connectivity index (χ2n) is 7.71. The average Bonchev–Trinajstić information content (AvgIpc) is 2.78. The van der Waals surface area contributed by atoms with E-state index >= 15 is 0 Å². The van der Waals surface area contributed by atoms with Crippen molar-refractivity contribution in [1.29, 1.82) is 0 Å². The molecule has 2 aromatic rings. The van der Waals surface area contributed by atoms with Gasteiger partial charge in [0.25, 0.3) is 0 Å². The standard InChI is InChI=1S/C22H23N3O5S/c26-20(15-31(29,30)17-9-5-2-6-10-17)24-11-12-25-19(14-24)21(27)23-18(22(25)28)13-16-7-3-1-4-8-16/h1-10,18-19H,11-15H2,(H,23,27). The lowest BCUT2D eigenvalue weighted by molar-refractivity contribution is -0.155. The van der Waals surface area contributed by atoms with E-state index in [-0.39, 0.29) is 36.3 Å². The summed E-state index contributed by atoms with van der Waals surface area (Å²) in [6, 6.07) is 15.8. The van der Waals surface area contributed by atoms with Crippen LogP contribution >= 0.6 is 0 Å². The minimum atomic E-state index is -3.78. The number of hydrogen-bond acceptors (Lipinski definition) is 5. The molecule has 2 atom stereocenters. The molecule has 2 heterocycles. The Balaban J connectivity index is 1.42. The third-order valence-electron chi connectivity index (χ3n) is 5.63. The highest BCUT2D eigenvalue weighted by Crippen LogP contribution is 2.19. The van der Waals surface area contributed by atoms with Crippen molar-refractivity contribution in [3.63, 3.8) is 0 Å². The van der Waals surface area contributed by atoms with Crippen molar-refractivity contribution in [2.75, 3.05) is 25.4 Å². The first-order valence-corrected chi connectivity index (χ1v) is 11.7. The fraction of sp³-hybridized carbons (Fsp3) is 0.318. The highest BCUT2D eigenvalue weighted by molar-refractivity contribution is 7.92. The predicted octanol–water partition coefficient (Wildman–Crippen LogP) is 0.241. The third-order valence-corrected chi connectivity index (χ3v) is 7.25. The number of carbonyl (C=O) groups excluding carboxylic acids is 3. The lowest BCUT2D eigenvalue weighted by atomic mass is 9.98. The van der Waals surface area contributed by atoms with Crippen LogP contribution in [0.5, 0.6) is 0 Å². The van der Waals surface area contributed by atoms with Gasteiger partial charge in [0, 0.05) is 19.5 Å². The van der Waals surface area contributed by atoms with Gasteiger partial charge in [0.15, 0.2) is 9.84 Å². The quantitative estimate of drug-likeness (QED) is 0.716. The molecule has 0 bridgehead atoms. The predicted molar refractivity (Wildman–Crippen MR) is 113 cm³/mol. The summed E-state index contributed by atoms with van der Waals surface area (Å²) in [5.41, 5.74) is 0.944. The first-order valence-electron chi connectivity index (χ1n) is 10.1. The minimum Gasteiger partial charge on any atom is -0.342 e. The molecule has 0 radical (unpaired) electrons. The van der Waals surface area contributed by atoms with Crippen molar-refractivity contribution in [2.45, 2.75) is 23.4 Å². The second kappa shape index (κ2) is 8.50. The van der Waals surface area contributed by atoms with E-state index < -0.39 is 33.6 Å². The number of benzene rings is 2. The molecule has 2 fully saturated rings. The Morgan fingerprint density at radius 2 is 1.61 bits per heavy atom. The molecule has 8 nitrogen and oxygen atoms in total. The number of nitrogens with one attached hydrogen (secondary N) is 1. The Bertz CT molecular complexity index is 1090. The van der Waals surface area contributed by atoms with E-state index in [1.807, 2.05) is 30.3 Å². The maximum absolute atomic E-state index is 12.9. The van der Waals surface area contributed by atoms with Gasteiger partial charge in [-0.15, -0.1) is 0 Å². The zero-order valence-corrected chi connectivity index (χ0v) is 17.6. The van der Waals surface area contributed by atoms with Crippen LogP contribution in [-0.4, -0.2) is 73.4 Å². The largest absolute Gasteiger partial charge is 0.342 e. The van der Waals surface area contributed by atoms with E-state index in [0.29, 0.717) is 6.42 Å². The van der Waals surface area contributed by atoms with Gasteiger partial charge >= 0.3 is 0 Å². The molecule has 2 unspecified atom stereocenters. The zero-order chi connectivity index (χ0) is 22.0. The van der Waals surface area contributed by atoms with Crippen LogP contribution in [0, 0.1) is 0 Å². The maximum Gasteiger partial charge on any atom is 0.246 e. The number of hydrogen-bond donors (Lipinski definition) is 1. The summed E-state index contributed by atoms with van der Waals surface area (Å²) in [4.78, 5) is 41.2. The molecular weight excluding hydrogens is 418 g/mol. The summed E-state index contributed by atoms with van der Waals surface area (Å²) < 4.78 is 25.0. The summed E-state index contributed by atoms with van der Waals surface area (Å²) in [5.74, 6) is -1.76. The molecule has 9 heteroatoms. The van der Waals surface area contributed by atoms with Crippen molar-refractivity contribution in [3.05, 3.63) is 66.2 Å². The molecule has 3 amide bonds. The van der Waals surface area contributed by atoms with Gasteiger partial charge in [-0.25, -0.2) is 8.42 Å². The summed E-state index contributed by atoms with van der Waals surface area (Å²) in [5, 5.41) is 2.76. The number of piperazine rings is 2. The molecule has 4 rings (SSSR count). The van der Waals surface area contributed by atoms with E-state index in [1.54, 1.807) is 18.2 Å². The summed E-state index contributed by atoms with van der Waals surface area (Å²) in [6.07, 6.45) is 0.395. The van der Waals surface area contributed by atoms with Gasteiger partial charge in [-0.05, 0) is 17.7 Å². The second-order valence-corrected chi connectivity index (χ2v) is 9.70. The summed E-state index contributed by atoms with van der Waals surface area (Å²) in [6.45, 7) is 0.370. The molecule has 0 spiro atoms. The van der Waals surface area contributed by atoms with Crippen LogP contribution in [0.4, 0.5) is 0 Å². The van der Waals surface area contributed by atoms with Gasteiger partial charge in [-0.3, -0.25) is 14.4 Å². The molecule has 31 heavy (non-hydrogen) atoms. The van der Waals surface area contributed by atoms with Gasteiger partial charge in [-0.2, -0.15) is 0 Å². The van der Waals surface area contributed by atoms with E-state index in [2.05, 4.69) is 5.32 Å². The van der Waals surface area contributed by atoms with E-state index in [1.165, 1.54) is 21.9 Å². The SMILES string of the molecule is O=C1NC(Cc2ccccc2)C(=O)N2CCN(C(=O)CS(=O)(=O)c3ccccc3)CC12. The molecule has 2 saturated heterocycles. The van der Waals surface area contributed by atoms with E-state index in [9.17, 15) is 22.8 Å². The number of rotatable bonds is 5. The first kappa shape index (κ1) is 21.0. The van der Waals surface area contributed by atoms with Crippen molar-refractivity contribution >= 4 is 27.6 Å². The Morgan fingerprint density at radius 3 is 2.29 bits per heavy atom. The van der Waals surface area contributed by atoms with Gasteiger partial charge in [0.05, 0.1) is 11.4 Å². The van der Waals surface area contributed by atoms with Crippen LogP contribution in [-0.2, 0) is 30.6 Å². The Labute approximate surface area is 180 Å². The van der Waals surface area contributed by atoms with Crippen LogP contribution < -0.4 is 5.32 Å². The minimum absolute atomic E-state index is 0.0151. The van der Waals surface area contributed by atoms with E-state index in [0.717, 1.165) is 5.56 Å². The molecule has 2 aromatic carbocycles. The van der Waals surface area contributed by atoms with Crippen molar-refractivity contribution in [1.82, 2.24) is 15.1 Å². The lowest BCUT2D eigenvalue weighted by Gasteiger charge is -2.45. The highest BCUT2D eigenvalue weighted by Gasteiger charge is 2.44. The Morgan fingerprint density at radius 1 is 0.968 bits per heavy atom. The molecular formula is C22H23N3O5S. The van der Waals surface area contributed by atoms with Crippen LogP contribution in [0.1, 0.15) is 5.56 Å². The molecule has 162 valence electrons. The summed E-state index contributed by atoms with van der Waals surface area (Å²) >= 11 is 0. The fourth-order valence-electron chi connectivity index (χ4n) is 3.98. The van der Waals surface area contributed by atoms with Gasteiger partial charge in [0.2, 0.25) is 17.7 Å². The number of nitrogens with zero attached hydrogens (tertiary/aromatic N) is 2. The number of amides is 3. The smallest absolute Gasteiger partial charge is 0.246 e. The molecule has 0 aliphatic carbocycles. The average molecular weight is 442 g/mol. The Hall–Kier alpha value is -3.20. The first-order chi connectivity index (χ1) is 14.8. The fourth-order valence-corrected chi connectivity index (χ4v) is 5.23. The number of sulfone groups is 1. The van der Waals surface area contributed by atoms with Crippen LogP contribution in [0.3, 0.4) is 0 Å². The molecule has 1 N–H and O–H groups in total. The monoisotopic (exact) mass is 441 g/mol. The normalized spacial score (nSPS) is 21.4. The van der Waals surface area contributed by atoms with Crippen molar-refractivity contribution in [3.8, 4) is 0 Å².